The summed E-state index contributed by atoms with van der Waals surface area (Å²) in [6, 6.07) is 20.9. The number of Topliss-reactive ketones (excluding diaryl/α,β-unsaturated/α-hetero) is 2. The number of hydrogen-bond acceptors (Lipinski definition) is 8. The van der Waals surface area contributed by atoms with Gasteiger partial charge in [0.2, 0.25) is 13.6 Å². The molecule has 4 aromatic rings. The van der Waals surface area contributed by atoms with Gasteiger partial charge < -0.3 is 18.9 Å². The van der Waals surface area contributed by atoms with Crippen LogP contribution in [0.25, 0.3) is 22.3 Å². The van der Waals surface area contributed by atoms with E-state index in [1.54, 1.807) is 54.6 Å². The van der Waals surface area contributed by atoms with Crippen LogP contribution < -0.4 is 25.6 Å². The van der Waals surface area contributed by atoms with Gasteiger partial charge >= 0.3 is 65.7 Å². The van der Waals surface area contributed by atoms with Gasteiger partial charge in [0.1, 0.15) is 0 Å². The van der Waals surface area contributed by atoms with Gasteiger partial charge in [-0.05, 0) is 70.7 Å². The van der Waals surface area contributed by atoms with Gasteiger partial charge in [-0.1, -0.05) is 83.1 Å². The molecule has 0 aromatic heterocycles. The molecular weight excluding hydrogens is 1150 g/mol. The summed E-state index contributed by atoms with van der Waals surface area (Å²) >= 11 is 22.0. The number of benzene rings is 4. The quantitative estimate of drug-likeness (QED) is 0.0808. The molecule has 0 unspecified atom stereocenters. The first-order valence-corrected chi connectivity index (χ1v) is 28.7. The number of halogens is 6. The Morgan fingerprint density at radius 1 is 0.612 bits per heavy atom. The van der Waals surface area contributed by atoms with Crippen molar-refractivity contribution in [1.29, 1.82) is 0 Å². The molecule has 0 saturated carbocycles. The first kappa shape index (κ1) is 44.5. The average Bonchev–Trinajstić information content (AvgIpc) is 3.78. The Hall–Kier alpha value is -0.669. The summed E-state index contributed by atoms with van der Waals surface area (Å²) in [5, 5.41) is -0.603. The van der Waals surface area contributed by atoms with E-state index in [1.165, 1.54) is 0 Å². The summed E-state index contributed by atoms with van der Waals surface area (Å²) in [5.41, 5.74) is 5.11. The minimum Gasteiger partial charge on any atom is -0.453 e. The van der Waals surface area contributed by atoms with Crippen molar-refractivity contribution in [3.05, 3.63) is 95.1 Å². The van der Waals surface area contributed by atoms with Crippen LogP contribution in [0.4, 0.5) is 0 Å². The van der Waals surface area contributed by atoms with Crippen molar-refractivity contribution >= 4 is 95.7 Å². The molecule has 49 heavy (non-hydrogen) atoms. The van der Waals surface area contributed by atoms with Crippen molar-refractivity contribution in [2.24, 2.45) is 0 Å². The summed E-state index contributed by atoms with van der Waals surface area (Å²) < 4.78 is 21.8. The normalized spacial score (nSPS) is 11.5. The zero-order chi connectivity index (χ0) is 34.1. The van der Waals surface area contributed by atoms with E-state index in [4.69, 9.17) is 42.1 Å². The largest absolute Gasteiger partial charge is 0.453 e. The predicted molar refractivity (Wildman–Crippen MR) is 201 cm³/mol. The molecule has 0 aliphatic carbocycles. The molecule has 0 spiro atoms. The fourth-order valence-corrected chi connectivity index (χ4v) is 5.49. The number of ether oxygens (including phenoxy) is 4. The topological polar surface area (TPSA) is 105 Å². The van der Waals surface area contributed by atoms with Gasteiger partial charge in [0.05, 0.1) is 21.8 Å². The molecule has 0 fully saturated rings. The molecule has 264 valence electrons. The van der Waals surface area contributed by atoms with Crippen molar-refractivity contribution in [3.63, 3.8) is 0 Å². The number of rotatable bonds is 8. The van der Waals surface area contributed by atoms with Crippen molar-refractivity contribution in [3.8, 4) is 45.3 Å². The second kappa shape index (κ2) is 21.8. The van der Waals surface area contributed by atoms with E-state index in [1.807, 2.05) is 18.2 Å². The molecule has 15 heteroatoms. The zero-order valence-electron chi connectivity index (χ0n) is 23.7. The van der Waals surface area contributed by atoms with E-state index in [9.17, 15) is 19.2 Å². The van der Waals surface area contributed by atoms with Gasteiger partial charge in [0, 0.05) is 22.3 Å². The van der Waals surface area contributed by atoms with Crippen LogP contribution in [0.15, 0.2) is 72.8 Å². The van der Waals surface area contributed by atoms with Crippen LogP contribution in [0.1, 0.15) is 56.3 Å². The SMILES string of the molecule is C.C.I[I-][XeH].O=C(CBr)c1ccc(-c2ccc(C(=O)CBr)c3c2OCO3)cc1.O=C(Cl)c1ccc(-c2ccc(C(=O)Cl)c3c2OCO3)cc1. The third-order valence-corrected chi connectivity index (χ3v) is 8.17. The monoisotopic (exact) mass is 1180 g/mol. The standard InChI is InChI=1S/C17H12Br2O4.C15H8Cl2O4.2CH4.HI2Xe/c18-7-14(20)11-3-1-10(2-4-11)12-5-6-13(15(21)8-19)17-16(12)22-9-23-17;16-14(18)9-3-1-8(2-4-9)10-5-6-11(15(17)19)13-12(10)20-7-21-13;;;1-2-3/h1-6H,7-9H2;1-6H,7H2;2*1H4;3H/q;;;;-1. The fraction of sp³-hybridized carbons (Fsp3) is 0.176. The Balaban J connectivity index is 0.000000304. The molecule has 2 aliphatic heterocycles. The van der Waals surface area contributed by atoms with E-state index in [2.05, 4.69) is 90.9 Å². The van der Waals surface area contributed by atoms with E-state index in [-0.39, 0.29) is 50.9 Å². The molecule has 2 aliphatic rings. The average molecular weight is 1180 g/mol. The first-order valence-electron chi connectivity index (χ1n) is 13.2. The van der Waals surface area contributed by atoms with Crippen molar-refractivity contribution < 1.29 is 85.2 Å². The molecule has 0 bridgehead atoms. The molecule has 0 atom stereocenters. The Bertz CT molecular complexity index is 1810. The number of alkyl halides is 2. The van der Waals surface area contributed by atoms with Crippen LogP contribution in [-0.2, 0) is 0 Å². The first-order chi connectivity index (χ1) is 22.6. The Morgan fingerprint density at radius 2 is 1.00 bits per heavy atom. The summed E-state index contributed by atoms with van der Waals surface area (Å²) in [7, 11) is 0. The summed E-state index contributed by atoms with van der Waals surface area (Å²) in [6.45, 7) is 0.652. The van der Waals surface area contributed by atoms with Gasteiger partial charge in [-0.2, -0.15) is 0 Å². The summed E-state index contributed by atoms with van der Waals surface area (Å²) in [4.78, 5) is 46.0. The smallest absolute Gasteiger partial charge is 0.256 e. The maximum Gasteiger partial charge on any atom is 0.256 e. The molecule has 2 heterocycles. The predicted octanol–water partition coefficient (Wildman–Crippen LogP) is 6.97. The molecular formula is C34H29Br2Cl2I2O8Xe-. The van der Waals surface area contributed by atoms with E-state index in [0.29, 0.717) is 51.6 Å². The van der Waals surface area contributed by atoms with E-state index >= 15 is 0 Å². The third kappa shape index (κ3) is 11.2. The zero-order valence-corrected chi connectivity index (χ0v) is 34.8. The fourth-order valence-electron chi connectivity index (χ4n) is 4.59. The minimum atomic E-state index is -0.605. The summed E-state index contributed by atoms with van der Waals surface area (Å²) in [5.74, 6) is 1.82. The molecule has 0 N–H and O–H groups in total. The van der Waals surface area contributed by atoms with Crippen LogP contribution >= 0.6 is 73.7 Å². The van der Waals surface area contributed by atoms with Crippen molar-refractivity contribution in [2.75, 3.05) is 24.2 Å². The number of fused-ring (bicyclic) bond motifs is 2. The van der Waals surface area contributed by atoms with Gasteiger partial charge in [-0.15, -0.1) is 0 Å². The maximum atomic E-state index is 11.9. The molecule has 0 radical (unpaired) electrons. The van der Waals surface area contributed by atoms with Gasteiger partial charge in [0.15, 0.2) is 34.6 Å². The number of carbonyl (C=O) groups is 4. The molecule has 4 aromatic carbocycles. The second-order valence-electron chi connectivity index (χ2n) is 9.32. The van der Waals surface area contributed by atoms with Crippen molar-refractivity contribution in [2.45, 2.75) is 14.9 Å². The number of carbonyl (C=O) groups excluding carboxylic acids is 4. The van der Waals surface area contributed by atoms with Crippen molar-refractivity contribution in [1.82, 2.24) is 0 Å². The third-order valence-electron chi connectivity index (χ3n) is 6.73. The van der Waals surface area contributed by atoms with Crippen LogP contribution in [0.2, 0.25) is 0 Å². The van der Waals surface area contributed by atoms with Gasteiger partial charge in [-0.25, -0.2) is 0 Å². The van der Waals surface area contributed by atoms with E-state index < -0.39 is 10.5 Å². The Kier molecular flexibility index (Phi) is 19.8. The van der Waals surface area contributed by atoms with Crippen LogP contribution in [0.5, 0.6) is 23.0 Å². The number of ketones is 2. The van der Waals surface area contributed by atoms with E-state index in [0.717, 1.165) is 22.3 Å². The maximum absolute atomic E-state index is 11.9. The van der Waals surface area contributed by atoms with Crippen LogP contribution in [0, 0.1) is 40.5 Å². The number of hydrogen-bond donors (Lipinski definition) is 0. The molecule has 0 saturated heterocycles. The van der Waals surface area contributed by atoms with Crippen LogP contribution in [-0.4, -0.2) is 46.3 Å². The Morgan fingerprint density at radius 3 is 1.41 bits per heavy atom. The van der Waals surface area contributed by atoms with Gasteiger partial charge in [-0.3, -0.25) is 19.2 Å². The summed E-state index contributed by atoms with van der Waals surface area (Å²) in [6.07, 6.45) is 0. The molecule has 0 amide bonds. The molecule has 8 nitrogen and oxygen atoms in total. The minimum absolute atomic E-state index is 0. The van der Waals surface area contributed by atoms with Gasteiger partial charge in [0.25, 0.3) is 10.5 Å². The second-order valence-corrected chi connectivity index (χ2v) is 27.4. The van der Waals surface area contributed by atoms with Crippen LogP contribution in [0.3, 0.4) is 0 Å². The molecule has 6 rings (SSSR count). The Labute approximate surface area is 354 Å².